The van der Waals surface area contributed by atoms with Gasteiger partial charge in [-0.2, -0.15) is 0 Å². The number of nitrogens with zero attached hydrogens (tertiary/aromatic N) is 3. The van der Waals surface area contributed by atoms with Crippen molar-refractivity contribution >= 4 is 51.5 Å². The van der Waals surface area contributed by atoms with E-state index in [4.69, 9.17) is 9.47 Å². The lowest BCUT2D eigenvalue weighted by Gasteiger charge is -2.13. The Hall–Kier alpha value is -4.32. The molecule has 2 aliphatic heterocycles. The molecule has 1 fully saturated rings. The molecule has 2 aliphatic rings. The van der Waals surface area contributed by atoms with Crippen LogP contribution < -0.4 is 14.8 Å². The van der Waals surface area contributed by atoms with E-state index in [2.05, 4.69) is 5.32 Å². The fraction of sp³-hybridized carbons (Fsp3) is 0.174. The molecule has 35 heavy (non-hydrogen) atoms. The summed E-state index contributed by atoms with van der Waals surface area (Å²) in [7, 11) is 0. The molecule has 0 saturated carbocycles. The summed E-state index contributed by atoms with van der Waals surface area (Å²) >= 11 is 0.839. The van der Waals surface area contributed by atoms with Gasteiger partial charge in [-0.3, -0.25) is 29.4 Å². The van der Waals surface area contributed by atoms with Crippen LogP contribution in [0.4, 0.5) is 10.5 Å². The van der Waals surface area contributed by atoms with E-state index in [-0.39, 0.29) is 42.9 Å². The average Bonchev–Trinajstić information content (AvgIpc) is 3.53. The second-order valence-corrected chi connectivity index (χ2v) is 8.73. The molecule has 1 N–H and O–H groups in total. The molecular weight excluding hydrogens is 476 g/mol. The lowest BCUT2D eigenvalue weighted by molar-refractivity contribution is -0.384. The highest BCUT2D eigenvalue weighted by Gasteiger charge is 2.34. The Morgan fingerprint density at radius 1 is 1.14 bits per heavy atom. The summed E-state index contributed by atoms with van der Waals surface area (Å²) in [6.45, 7) is 0.268. The van der Waals surface area contributed by atoms with Crippen molar-refractivity contribution in [1.82, 2.24) is 14.8 Å². The Balaban J connectivity index is 1.17. The van der Waals surface area contributed by atoms with Gasteiger partial charge in [0, 0.05) is 42.3 Å². The maximum atomic E-state index is 12.7. The summed E-state index contributed by atoms with van der Waals surface area (Å²) in [5, 5.41) is 13.9. The molecule has 11 nitrogen and oxygen atoms in total. The first-order chi connectivity index (χ1) is 16.9. The number of nitro groups is 1. The van der Waals surface area contributed by atoms with Crippen LogP contribution in [0, 0.1) is 10.1 Å². The van der Waals surface area contributed by atoms with Gasteiger partial charge in [0.2, 0.25) is 12.7 Å². The molecule has 1 saturated heterocycles. The number of fused-ring (bicyclic) bond motifs is 2. The van der Waals surface area contributed by atoms with E-state index < -0.39 is 16.1 Å². The van der Waals surface area contributed by atoms with Crippen molar-refractivity contribution in [2.24, 2.45) is 0 Å². The third-order valence-corrected chi connectivity index (χ3v) is 6.41. The molecular formula is C23H18N4O7S. The quantitative estimate of drug-likeness (QED) is 0.301. The number of non-ortho nitro benzene ring substituents is 1. The van der Waals surface area contributed by atoms with Crippen LogP contribution in [0.1, 0.15) is 5.56 Å². The van der Waals surface area contributed by atoms with Crippen molar-refractivity contribution < 1.29 is 28.8 Å². The summed E-state index contributed by atoms with van der Waals surface area (Å²) in [6, 6.07) is 11.4. The number of nitro benzene ring substituents is 1. The molecule has 3 amide bonds. The molecule has 1 aromatic heterocycles. The number of thioether (sulfide) groups is 1. The highest BCUT2D eigenvalue weighted by molar-refractivity contribution is 8.18. The van der Waals surface area contributed by atoms with Crippen molar-refractivity contribution in [2.75, 3.05) is 19.9 Å². The molecule has 5 rings (SSSR count). The van der Waals surface area contributed by atoms with Crippen LogP contribution in [0.2, 0.25) is 0 Å². The number of aromatic nitrogens is 1. The molecule has 3 aromatic rings. The molecule has 3 heterocycles. The summed E-state index contributed by atoms with van der Waals surface area (Å²) < 4.78 is 12.3. The Kier molecular flexibility index (Phi) is 5.87. The molecule has 0 unspecified atom stereocenters. The van der Waals surface area contributed by atoms with Gasteiger partial charge in [0.15, 0.2) is 11.5 Å². The van der Waals surface area contributed by atoms with Crippen molar-refractivity contribution in [3.8, 4) is 11.5 Å². The van der Waals surface area contributed by atoms with Crippen molar-refractivity contribution in [3.05, 3.63) is 69.2 Å². The number of nitrogens with one attached hydrogen (secondary N) is 1. The smallest absolute Gasteiger partial charge is 0.293 e. The zero-order valence-electron chi connectivity index (χ0n) is 18.1. The van der Waals surface area contributed by atoms with E-state index in [1.54, 1.807) is 47.2 Å². The summed E-state index contributed by atoms with van der Waals surface area (Å²) in [5.41, 5.74) is 1.37. The van der Waals surface area contributed by atoms with Crippen LogP contribution in [0.3, 0.4) is 0 Å². The molecule has 2 aromatic carbocycles. The SMILES string of the molecule is O=C(Cn1ccc2cc([N+](=O)[O-])ccc21)NCCN1C(=O)S/C(=C/c2ccc3c(c2)OCO3)C1=O. The number of carbonyl (C=O) groups excluding carboxylic acids is 3. The molecule has 0 aliphatic carbocycles. The van der Waals surface area contributed by atoms with Crippen LogP contribution in [0.25, 0.3) is 17.0 Å². The molecule has 0 radical (unpaired) electrons. The lowest BCUT2D eigenvalue weighted by Crippen LogP contribution is -2.38. The minimum atomic E-state index is -0.474. The topological polar surface area (TPSA) is 133 Å². The fourth-order valence-electron chi connectivity index (χ4n) is 3.80. The number of carbonyl (C=O) groups is 3. The molecule has 12 heteroatoms. The second-order valence-electron chi connectivity index (χ2n) is 7.74. The molecule has 0 atom stereocenters. The first-order valence-electron chi connectivity index (χ1n) is 10.5. The van der Waals surface area contributed by atoms with Crippen LogP contribution in [-0.2, 0) is 16.1 Å². The Morgan fingerprint density at radius 3 is 2.80 bits per heavy atom. The third kappa shape index (κ3) is 4.55. The summed E-state index contributed by atoms with van der Waals surface area (Å²) in [6.07, 6.45) is 3.29. The van der Waals surface area contributed by atoms with Crippen LogP contribution in [0.5, 0.6) is 11.5 Å². The van der Waals surface area contributed by atoms with E-state index in [1.807, 2.05) is 0 Å². The number of amides is 3. The van der Waals surface area contributed by atoms with Gasteiger partial charge in [0.25, 0.3) is 16.8 Å². The van der Waals surface area contributed by atoms with Crippen LogP contribution in [0.15, 0.2) is 53.6 Å². The highest BCUT2D eigenvalue weighted by Crippen LogP contribution is 2.36. The summed E-state index contributed by atoms with van der Waals surface area (Å²) in [4.78, 5) is 49.3. The number of imide groups is 1. The zero-order valence-corrected chi connectivity index (χ0v) is 18.9. The summed E-state index contributed by atoms with van der Waals surface area (Å²) in [5.74, 6) is 0.461. The fourth-order valence-corrected chi connectivity index (χ4v) is 4.67. The van der Waals surface area contributed by atoms with E-state index in [0.29, 0.717) is 28.0 Å². The van der Waals surface area contributed by atoms with Gasteiger partial charge in [0.1, 0.15) is 6.54 Å². The van der Waals surface area contributed by atoms with Gasteiger partial charge in [-0.05, 0) is 47.7 Å². The Bertz CT molecular complexity index is 1410. The maximum absolute atomic E-state index is 12.7. The molecule has 178 valence electrons. The number of benzene rings is 2. The van der Waals surface area contributed by atoms with Crippen molar-refractivity contribution in [2.45, 2.75) is 6.54 Å². The van der Waals surface area contributed by atoms with Gasteiger partial charge in [-0.25, -0.2) is 0 Å². The Labute approximate surface area is 202 Å². The van der Waals surface area contributed by atoms with E-state index in [0.717, 1.165) is 16.7 Å². The number of ether oxygens (including phenoxy) is 2. The van der Waals surface area contributed by atoms with Crippen molar-refractivity contribution in [1.29, 1.82) is 0 Å². The van der Waals surface area contributed by atoms with Crippen molar-refractivity contribution in [3.63, 3.8) is 0 Å². The highest BCUT2D eigenvalue weighted by atomic mass is 32.2. The number of hydrogen-bond donors (Lipinski definition) is 1. The second kappa shape index (κ2) is 9.14. The van der Waals surface area contributed by atoms with Gasteiger partial charge < -0.3 is 19.4 Å². The number of hydrogen-bond acceptors (Lipinski definition) is 8. The van der Waals surface area contributed by atoms with E-state index in [1.165, 1.54) is 12.1 Å². The normalized spacial score (nSPS) is 15.9. The standard InChI is InChI=1S/C23H18N4O7S/c28-21(12-25-7-5-15-11-16(27(31)32)2-3-17(15)25)24-6-8-26-22(29)20(35-23(26)30)10-14-1-4-18-19(9-14)34-13-33-18/h1-5,7,9-11H,6,8,12-13H2,(H,24,28)/b20-10+. The Morgan fingerprint density at radius 2 is 1.97 bits per heavy atom. The first-order valence-corrected chi connectivity index (χ1v) is 11.4. The minimum absolute atomic E-state index is 0.00673. The minimum Gasteiger partial charge on any atom is -0.454 e. The van der Waals surface area contributed by atoms with Crippen LogP contribution >= 0.6 is 11.8 Å². The average molecular weight is 494 g/mol. The zero-order chi connectivity index (χ0) is 24.5. The predicted octanol–water partition coefficient (Wildman–Crippen LogP) is 3.13. The maximum Gasteiger partial charge on any atom is 0.293 e. The van der Waals surface area contributed by atoms with Gasteiger partial charge in [0.05, 0.1) is 9.83 Å². The van der Waals surface area contributed by atoms with Gasteiger partial charge in [-0.1, -0.05) is 6.07 Å². The monoisotopic (exact) mass is 494 g/mol. The van der Waals surface area contributed by atoms with E-state index in [9.17, 15) is 24.5 Å². The molecule has 0 bridgehead atoms. The van der Waals surface area contributed by atoms with Crippen LogP contribution in [-0.4, -0.2) is 51.3 Å². The molecule has 0 spiro atoms. The van der Waals surface area contributed by atoms with Gasteiger partial charge >= 0.3 is 0 Å². The van der Waals surface area contributed by atoms with E-state index >= 15 is 0 Å². The van der Waals surface area contributed by atoms with Gasteiger partial charge in [-0.15, -0.1) is 0 Å². The largest absolute Gasteiger partial charge is 0.454 e. The number of rotatable bonds is 7. The first kappa shape index (κ1) is 22.5. The lowest BCUT2D eigenvalue weighted by atomic mass is 10.2. The predicted molar refractivity (Wildman–Crippen MR) is 127 cm³/mol. The third-order valence-electron chi connectivity index (χ3n) is 5.50.